The molecule has 1 unspecified atom stereocenters. The second kappa shape index (κ2) is 2.52. The minimum absolute atomic E-state index is 0.0926. The molecular formula is C6H9NOS. The van der Waals surface area contributed by atoms with Gasteiger partial charge in [-0.1, -0.05) is 6.92 Å². The summed E-state index contributed by atoms with van der Waals surface area (Å²) in [6.45, 7) is 3.84. The zero-order valence-corrected chi connectivity index (χ0v) is 6.36. The SMILES string of the molecule is CCC1=NC(C)C(=O)S1. The number of thioether (sulfide) groups is 1. The van der Waals surface area contributed by atoms with Crippen LogP contribution in [0.1, 0.15) is 20.3 Å². The molecule has 0 saturated heterocycles. The predicted octanol–water partition coefficient (Wildman–Crippen LogP) is 1.46. The molecule has 0 aromatic heterocycles. The van der Waals surface area contributed by atoms with Crippen LogP contribution < -0.4 is 0 Å². The average molecular weight is 143 g/mol. The Labute approximate surface area is 58.7 Å². The Bertz CT molecular complexity index is 164. The molecule has 3 heteroatoms. The van der Waals surface area contributed by atoms with E-state index < -0.39 is 0 Å². The standard InChI is InChI=1S/C6H9NOS/c1-3-5-7-4(2)6(8)9-5/h4H,3H2,1-2H3. The van der Waals surface area contributed by atoms with Crippen LogP contribution in [-0.2, 0) is 4.79 Å². The van der Waals surface area contributed by atoms with Gasteiger partial charge in [0, 0.05) is 0 Å². The fraction of sp³-hybridized carbons (Fsp3) is 0.667. The number of rotatable bonds is 1. The molecule has 1 atom stereocenters. The van der Waals surface area contributed by atoms with Crippen LogP contribution in [0.15, 0.2) is 4.99 Å². The number of aliphatic imine (C=N–C) groups is 1. The van der Waals surface area contributed by atoms with Crippen LogP contribution in [-0.4, -0.2) is 16.2 Å². The third-order valence-electron chi connectivity index (χ3n) is 1.20. The van der Waals surface area contributed by atoms with Crippen molar-refractivity contribution in [1.82, 2.24) is 0 Å². The molecule has 0 fully saturated rings. The summed E-state index contributed by atoms with van der Waals surface area (Å²) in [5.41, 5.74) is 0. The van der Waals surface area contributed by atoms with Crippen molar-refractivity contribution >= 4 is 21.9 Å². The molecule has 0 spiro atoms. The van der Waals surface area contributed by atoms with Crippen LogP contribution in [0.5, 0.6) is 0 Å². The van der Waals surface area contributed by atoms with Gasteiger partial charge in [-0.05, 0) is 25.1 Å². The van der Waals surface area contributed by atoms with Gasteiger partial charge in [-0.15, -0.1) is 0 Å². The summed E-state index contributed by atoms with van der Waals surface area (Å²) < 4.78 is 0. The number of nitrogens with zero attached hydrogens (tertiary/aromatic N) is 1. The Morgan fingerprint density at radius 2 is 2.44 bits per heavy atom. The summed E-state index contributed by atoms with van der Waals surface area (Å²) in [5.74, 6) is 0. The molecule has 0 aliphatic carbocycles. The van der Waals surface area contributed by atoms with Crippen molar-refractivity contribution in [2.24, 2.45) is 4.99 Å². The molecule has 1 aliphatic rings. The minimum Gasteiger partial charge on any atom is -0.284 e. The van der Waals surface area contributed by atoms with Crippen molar-refractivity contribution in [3.05, 3.63) is 0 Å². The molecule has 0 N–H and O–H groups in total. The number of hydrogen-bond donors (Lipinski definition) is 0. The van der Waals surface area contributed by atoms with Crippen molar-refractivity contribution in [1.29, 1.82) is 0 Å². The van der Waals surface area contributed by atoms with Gasteiger partial charge in [-0.3, -0.25) is 9.79 Å². The number of hydrogen-bond acceptors (Lipinski definition) is 3. The summed E-state index contributed by atoms with van der Waals surface area (Å²) in [5, 5.41) is 1.17. The summed E-state index contributed by atoms with van der Waals surface area (Å²) >= 11 is 1.28. The van der Waals surface area contributed by atoms with Gasteiger partial charge in [0.1, 0.15) is 6.04 Å². The third kappa shape index (κ3) is 1.33. The van der Waals surface area contributed by atoms with E-state index in [4.69, 9.17) is 0 Å². The topological polar surface area (TPSA) is 29.4 Å². The van der Waals surface area contributed by atoms with Crippen LogP contribution in [0.25, 0.3) is 0 Å². The Hall–Kier alpha value is -0.310. The summed E-state index contributed by atoms with van der Waals surface area (Å²) in [4.78, 5) is 14.9. The van der Waals surface area contributed by atoms with Crippen molar-refractivity contribution in [3.8, 4) is 0 Å². The molecule has 0 bridgehead atoms. The van der Waals surface area contributed by atoms with E-state index in [-0.39, 0.29) is 11.2 Å². The third-order valence-corrected chi connectivity index (χ3v) is 2.37. The Morgan fingerprint density at radius 1 is 1.78 bits per heavy atom. The molecule has 0 saturated carbocycles. The maximum Gasteiger partial charge on any atom is 0.219 e. The lowest BCUT2D eigenvalue weighted by Crippen LogP contribution is -2.02. The van der Waals surface area contributed by atoms with Gasteiger partial charge in [0.05, 0.1) is 5.04 Å². The van der Waals surface area contributed by atoms with E-state index in [2.05, 4.69) is 4.99 Å². The van der Waals surface area contributed by atoms with Crippen LogP contribution >= 0.6 is 11.8 Å². The molecular weight excluding hydrogens is 134 g/mol. The van der Waals surface area contributed by atoms with Gasteiger partial charge >= 0.3 is 0 Å². The second-order valence-corrected chi connectivity index (χ2v) is 3.05. The maximum absolute atomic E-state index is 10.8. The Morgan fingerprint density at radius 3 is 2.67 bits per heavy atom. The van der Waals surface area contributed by atoms with Crippen LogP contribution in [0.2, 0.25) is 0 Å². The zero-order valence-electron chi connectivity index (χ0n) is 5.55. The first-order valence-corrected chi connectivity index (χ1v) is 3.84. The van der Waals surface area contributed by atoms with Gasteiger partial charge in [0.2, 0.25) is 5.12 Å². The largest absolute Gasteiger partial charge is 0.284 e. The summed E-state index contributed by atoms with van der Waals surface area (Å²) in [6.07, 6.45) is 0.890. The quantitative estimate of drug-likeness (QED) is 0.556. The maximum atomic E-state index is 10.8. The van der Waals surface area contributed by atoms with Gasteiger partial charge in [0.25, 0.3) is 0 Å². The highest BCUT2D eigenvalue weighted by Gasteiger charge is 2.21. The van der Waals surface area contributed by atoms with Gasteiger partial charge in [0.15, 0.2) is 0 Å². The number of carbonyl (C=O) groups excluding carboxylic acids is 1. The van der Waals surface area contributed by atoms with Gasteiger partial charge < -0.3 is 0 Å². The van der Waals surface area contributed by atoms with Crippen molar-refractivity contribution in [2.45, 2.75) is 26.3 Å². The summed E-state index contributed by atoms with van der Waals surface area (Å²) in [7, 11) is 0. The van der Waals surface area contributed by atoms with Crippen LogP contribution in [0.4, 0.5) is 0 Å². The van der Waals surface area contributed by atoms with Crippen molar-refractivity contribution in [3.63, 3.8) is 0 Å². The van der Waals surface area contributed by atoms with Gasteiger partial charge in [-0.2, -0.15) is 0 Å². The van der Waals surface area contributed by atoms with E-state index in [1.54, 1.807) is 0 Å². The van der Waals surface area contributed by atoms with E-state index in [9.17, 15) is 4.79 Å². The highest BCUT2D eigenvalue weighted by Crippen LogP contribution is 2.20. The molecule has 0 radical (unpaired) electrons. The minimum atomic E-state index is -0.0926. The molecule has 1 rings (SSSR count). The highest BCUT2D eigenvalue weighted by atomic mass is 32.2. The van der Waals surface area contributed by atoms with Gasteiger partial charge in [-0.25, -0.2) is 0 Å². The van der Waals surface area contributed by atoms with Crippen LogP contribution in [0, 0.1) is 0 Å². The van der Waals surface area contributed by atoms with Crippen LogP contribution in [0.3, 0.4) is 0 Å². The fourth-order valence-electron chi connectivity index (χ4n) is 0.660. The Kier molecular flexibility index (Phi) is 1.90. The first-order chi connectivity index (χ1) is 4.24. The molecule has 0 aromatic rings. The lowest BCUT2D eigenvalue weighted by atomic mass is 10.4. The Balaban J connectivity index is 2.62. The summed E-state index contributed by atoms with van der Waals surface area (Å²) in [6, 6.07) is -0.0926. The smallest absolute Gasteiger partial charge is 0.219 e. The first kappa shape index (κ1) is 6.81. The van der Waals surface area contributed by atoms with Crippen molar-refractivity contribution < 1.29 is 4.79 Å². The molecule has 9 heavy (non-hydrogen) atoms. The predicted molar refractivity (Wildman–Crippen MR) is 39.8 cm³/mol. The molecule has 1 heterocycles. The highest BCUT2D eigenvalue weighted by molar-refractivity contribution is 8.26. The van der Waals surface area contributed by atoms with E-state index in [0.29, 0.717) is 0 Å². The van der Waals surface area contributed by atoms with E-state index in [0.717, 1.165) is 11.5 Å². The fourth-order valence-corrected chi connectivity index (χ4v) is 1.47. The lowest BCUT2D eigenvalue weighted by Gasteiger charge is -1.87. The monoisotopic (exact) mass is 143 g/mol. The number of carbonyl (C=O) groups is 1. The normalized spacial score (nSPS) is 26.7. The molecule has 50 valence electrons. The molecule has 0 amide bonds. The average Bonchev–Trinajstić information content (AvgIpc) is 2.13. The van der Waals surface area contributed by atoms with E-state index in [1.807, 2.05) is 13.8 Å². The van der Waals surface area contributed by atoms with E-state index in [1.165, 1.54) is 11.8 Å². The molecule has 0 aromatic carbocycles. The van der Waals surface area contributed by atoms with E-state index >= 15 is 0 Å². The molecule has 1 aliphatic heterocycles. The molecule has 2 nitrogen and oxygen atoms in total. The van der Waals surface area contributed by atoms with Crippen molar-refractivity contribution in [2.75, 3.05) is 0 Å². The lowest BCUT2D eigenvalue weighted by molar-refractivity contribution is -0.111. The first-order valence-electron chi connectivity index (χ1n) is 3.02. The second-order valence-electron chi connectivity index (χ2n) is 1.97. The zero-order chi connectivity index (χ0) is 6.85.